The second-order valence-corrected chi connectivity index (χ2v) is 6.35. The van der Waals surface area contributed by atoms with Crippen LogP contribution in [0.5, 0.6) is 0 Å². The number of nitrogens with one attached hydrogen (secondary N) is 2. The van der Waals surface area contributed by atoms with Gasteiger partial charge in [0, 0.05) is 18.9 Å². The zero-order chi connectivity index (χ0) is 16.5. The molecule has 0 saturated heterocycles. The number of aliphatic hydroxyl groups is 1. The second-order valence-electron chi connectivity index (χ2n) is 6.35. The molecule has 3 atom stereocenters. The molecule has 2 aromatic heterocycles. The lowest BCUT2D eigenvalue weighted by atomic mass is 10.1. The van der Waals surface area contributed by atoms with Crippen molar-refractivity contribution in [2.75, 3.05) is 5.32 Å². The van der Waals surface area contributed by atoms with Crippen LogP contribution in [0.2, 0.25) is 0 Å². The summed E-state index contributed by atoms with van der Waals surface area (Å²) in [6.07, 6.45) is 6.54. The molecule has 1 fully saturated rings. The number of hydrogen-bond donors (Lipinski definition) is 3. The fraction of sp³-hybridized carbons (Fsp3) is 0.353. The molecule has 1 aliphatic rings. The number of aromatic amines is 1. The number of aromatic nitrogens is 4. The van der Waals surface area contributed by atoms with Crippen LogP contribution >= 0.6 is 0 Å². The molecule has 4 rings (SSSR count). The highest BCUT2D eigenvalue weighted by molar-refractivity contribution is 5.78. The molecule has 2 heterocycles. The van der Waals surface area contributed by atoms with Crippen LogP contribution in [-0.4, -0.2) is 36.8 Å². The Morgan fingerprint density at radius 2 is 2.21 bits per heavy atom. The molecule has 1 aromatic carbocycles. The number of H-pyrrole nitrogens is 1. The van der Waals surface area contributed by atoms with E-state index in [1.165, 1.54) is 0 Å². The molecule has 0 amide bonds. The molecule has 1 saturated carbocycles. The fourth-order valence-electron chi connectivity index (χ4n) is 3.45. The van der Waals surface area contributed by atoms with Crippen molar-refractivity contribution in [3.05, 3.63) is 53.3 Å². The molecule has 24 heavy (non-hydrogen) atoms. The molecule has 0 bridgehead atoms. The van der Waals surface area contributed by atoms with Gasteiger partial charge in [-0.2, -0.15) is 0 Å². The molecule has 0 spiro atoms. The number of fused-ring (bicyclic) bond motifs is 1. The quantitative estimate of drug-likeness (QED) is 0.673. The summed E-state index contributed by atoms with van der Waals surface area (Å²) >= 11 is 0. The third-order valence-corrected chi connectivity index (χ3v) is 4.59. The summed E-state index contributed by atoms with van der Waals surface area (Å²) in [5.41, 5.74) is 0.469. The first-order valence-corrected chi connectivity index (χ1v) is 8.08. The van der Waals surface area contributed by atoms with E-state index in [2.05, 4.69) is 20.3 Å². The van der Waals surface area contributed by atoms with Crippen LogP contribution in [0.4, 0.5) is 5.95 Å². The van der Waals surface area contributed by atoms with Gasteiger partial charge in [-0.3, -0.25) is 9.78 Å². The summed E-state index contributed by atoms with van der Waals surface area (Å²) in [4.78, 5) is 23.4. The summed E-state index contributed by atoms with van der Waals surface area (Å²) in [6, 6.07) is 7.10. The first-order chi connectivity index (χ1) is 11.7. The summed E-state index contributed by atoms with van der Waals surface area (Å²) in [5.74, 6) is 0.768. The Balaban J connectivity index is 1.50. The molecule has 1 unspecified atom stereocenters. The van der Waals surface area contributed by atoms with Crippen molar-refractivity contribution in [2.24, 2.45) is 5.92 Å². The number of rotatable bonds is 4. The molecule has 7 heteroatoms. The maximum atomic E-state index is 12.1. The van der Waals surface area contributed by atoms with Gasteiger partial charge in [-0.25, -0.2) is 9.97 Å². The Morgan fingerprint density at radius 1 is 1.33 bits per heavy atom. The molecular weight excluding hydrogens is 306 g/mol. The van der Waals surface area contributed by atoms with Crippen LogP contribution in [0, 0.1) is 5.92 Å². The number of benzene rings is 1. The minimum atomic E-state index is -0.463. The molecular formula is C17H19N5O2. The van der Waals surface area contributed by atoms with Gasteiger partial charge < -0.3 is 15.0 Å². The first kappa shape index (κ1) is 14.9. The predicted octanol–water partition coefficient (Wildman–Crippen LogP) is 1.37. The van der Waals surface area contributed by atoms with E-state index in [4.69, 9.17) is 0 Å². The van der Waals surface area contributed by atoms with Gasteiger partial charge in [0.25, 0.3) is 5.56 Å². The molecule has 0 radical (unpaired) electrons. The van der Waals surface area contributed by atoms with Crippen molar-refractivity contribution in [3.63, 3.8) is 0 Å². The Bertz CT molecular complexity index is 889. The summed E-state index contributed by atoms with van der Waals surface area (Å²) in [6.45, 7) is 0.830. The highest BCUT2D eigenvalue weighted by Crippen LogP contribution is 2.29. The highest BCUT2D eigenvalue weighted by atomic mass is 16.3. The van der Waals surface area contributed by atoms with Gasteiger partial charge in [-0.1, -0.05) is 12.1 Å². The molecule has 124 valence electrons. The van der Waals surface area contributed by atoms with Crippen molar-refractivity contribution in [1.82, 2.24) is 19.5 Å². The maximum absolute atomic E-state index is 12.1. The SMILES string of the molecule is O=c1[nH]c(N[C@@H]2CC(Cn3ccnc3)C[C@H]2O)nc2ccccc12. The lowest BCUT2D eigenvalue weighted by Crippen LogP contribution is -2.30. The second kappa shape index (κ2) is 6.09. The number of para-hydroxylation sites is 1. The van der Waals surface area contributed by atoms with Gasteiger partial charge in [0.1, 0.15) is 0 Å². The van der Waals surface area contributed by atoms with Crippen molar-refractivity contribution < 1.29 is 5.11 Å². The van der Waals surface area contributed by atoms with E-state index >= 15 is 0 Å². The van der Waals surface area contributed by atoms with Gasteiger partial charge in [-0.15, -0.1) is 0 Å². The Morgan fingerprint density at radius 3 is 3.04 bits per heavy atom. The average Bonchev–Trinajstić information content (AvgIpc) is 3.18. The van der Waals surface area contributed by atoms with Crippen molar-refractivity contribution >= 4 is 16.9 Å². The zero-order valence-electron chi connectivity index (χ0n) is 13.1. The lowest BCUT2D eigenvalue weighted by molar-refractivity contribution is 0.166. The minimum Gasteiger partial charge on any atom is -0.391 e. The predicted molar refractivity (Wildman–Crippen MR) is 90.7 cm³/mol. The van der Waals surface area contributed by atoms with Crippen LogP contribution in [0.15, 0.2) is 47.8 Å². The molecule has 3 N–H and O–H groups in total. The lowest BCUT2D eigenvalue weighted by Gasteiger charge is -2.17. The van der Waals surface area contributed by atoms with E-state index in [1.807, 2.05) is 29.0 Å². The van der Waals surface area contributed by atoms with E-state index in [9.17, 15) is 9.90 Å². The molecule has 0 aliphatic heterocycles. The van der Waals surface area contributed by atoms with Gasteiger partial charge in [0.15, 0.2) is 0 Å². The summed E-state index contributed by atoms with van der Waals surface area (Å²) < 4.78 is 2.02. The molecule has 1 aliphatic carbocycles. The summed E-state index contributed by atoms with van der Waals surface area (Å²) in [7, 11) is 0. The van der Waals surface area contributed by atoms with Gasteiger partial charge >= 0.3 is 0 Å². The number of nitrogens with zero attached hydrogens (tertiary/aromatic N) is 3. The normalized spacial score (nSPS) is 23.6. The fourth-order valence-corrected chi connectivity index (χ4v) is 3.45. The standard InChI is InChI=1S/C17H19N5O2/c23-15-8-11(9-22-6-5-18-10-22)7-14(15)20-17-19-13-4-2-1-3-12(13)16(24)21-17/h1-6,10-11,14-15,23H,7-9H2,(H2,19,20,21,24)/t11?,14-,15-/m1/s1. The van der Waals surface area contributed by atoms with Crippen LogP contribution in [0.25, 0.3) is 10.9 Å². The third-order valence-electron chi connectivity index (χ3n) is 4.59. The van der Waals surface area contributed by atoms with Crippen LogP contribution in [-0.2, 0) is 6.54 Å². The number of imidazole rings is 1. The smallest absolute Gasteiger partial charge is 0.260 e. The van der Waals surface area contributed by atoms with Crippen molar-refractivity contribution in [3.8, 4) is 0 Å². The Labute approximate surface area is 138 Å². The highest BCUT2D eigenvalue weighted by Gasteiger charge is 2.33. The van der Waals surface area contributed by atoms with Crippen LogP contribution < -0.4 is 10.9 Å². The molecule has 7 nitrogen and oxygen atoms in total. The van der Waals surface area contributed by atoms with Crippen molar-refractivity contribution in [1.29, 1.82) is 0 Å². The number of anilines is 1. The van der Waals surface area contributed by atoms with Gasteiger partial charge in [0.05, 0.1) is 29.4 Å². The summed E-state index contributed by atoms with van der Waals surface area (Å²) in [5, 5.41) is 14.1. The Kier molecular flexibility index (Phi) is 3.78. The van der Waals surface area contributed by atoms with Gasteiger partial charge in [0.2, 0.25) is 5.95 Å². The zero-order valence-corrected chi connectivity index (χ0v) is 13.1. The van der Waals surface area contributed by atoms with E-state index in [0.717, 1.165) is 13.0 Å². The van der Waals surface area contributed by atoms with E-state index < -0.39 is 6.10 Å². The van der Waals surface area contributed by atoms with Crippen LogP contribution in [0.1, 0.15) is 12.8 Å². The molecule has 3 aromatic rings. The van der Waals surface area contributed by atoms with Gasteiger partial charge in [-0.05, 0) is 30.9 Å². The largest absolute Gasteiger partial charge is 0.391 e. The van der Waals surface area contributed by atoms with E-state index in [1.54, 1.807) is 18.6 Å². The monoisotopic (exact) mass is 325 g/mol. The number of hydrogen-bond acceptors (Lipinski definition) is 5. The number of aliphatic hydroxyl groups excluding tert-OH is 1. The van der Waals surface area contributed by atoms with Crippen molar-refractivity contribution in [2.45, 2.75) is 31.5 Å². The first-order valence-electron chi connectivity index (χ1n) is 8.08. The average molecular weight is 325 g/mol. The Hall–Kier alpha value is -2.67. The maximum Gasteiger partial charge on any atom is 0.260 e. The van der Waals surface area contributed by atoms with E-state index in [-0.39, 0.29) is 11.6 Å². The topological polar surface area (TPSA) is 95.8 Å². The minimum absolute atomic E-state index is 0.122. The van der Waals surface area contributed by atoms with Crippen LogP contribution in [0.3, 0.4) is 0 Å². The third kappa shape index (κ3) is 2.90. The van der Waals surface area contributed by atoms with E-state index in [0.29, 0.717) is 29.2 Å².